The van der Waals surface area contributed by atoms with Gasteiger partial charge in [0.1, 0.15) is 5.82 Å². The lowest BCUT2D eigenvalue weighted by Gasteiger charge is -2.14. The second kappa shape index (κ2) is 5.97. The number of halogens is 6. The van der Waals surface area contributed by atoms with Crippen molar-refractivity contribution in [1.82, 2.24) is 0 Å². The highest BCUT2D eigenvalue weighted by Gasteiger charge is 2.24. The minimum Gasteiger partial charge on any atom is -0.206 e. The molecule has 0 aliphatic heterocycles. The van der Waals surface area contributed by atoms with Crippen LogP contribution in [-0.4, -0.2) is 0 Å². The van der Waals surface area contributed by atoms with E-state index in [0.29, 0.717) is 0 Å². The minimum atomic E-state index is -0.665. The van der Waals surface area contributed by atoms with Crippen LogP contribution in [-0.2, 0) is 0 Å². The average molecular weight is 369 g/mol. The van der Waals surface area contributed by atoms with Crippen LogP contribution in [0.2, 0.25) is 25.1 Å². The van der Waals surface area contributed by atoms with E-state index in [-0.39, 0.29) is 41.8 Å². The fourth-order valence-corrected chi connectivity index (χ4v) is 3.02. The standard InChI is InChI=1S/C13H3Cl5FN/c14-9-8(10(15)12(17)13(18)11(9)16)7-5(4-20)2-1-3-6(7)19/h1-3H. The highest BCUT2D eigenvalue weighted by molar-refractivity contribution is 6.56. The molecule has 102 valence electrons. The molecule has 20 heavy (non-hydrogen) atoms. The molecule has 0 atom stereocenters. The molecular formula is C13H3Cl5FN. The van der Waals surface area contributed by atoms with E-state index in [2.05, 4.69) is 0 Å². The first-order chi connectivity index (χ1) is 9.40. The third-order valence-corrected chi connectivity index (χ3v) is 4.87. The molecular weight excluding hydrogens is 366 g/mol. The van der Waals surface area contributed by atoms with Gasteiger partial charge in [0.15, 0.2) is 0 Å². The molecule has 0 amide bonds. The van der Waals surface area contributed by atoms with Crippen molar-refractivity contribution in [3.05, 3.63) is 54.7 Å². The molecule has 0 spiro atoms. The Morgan fingerprint density at radius 2 is 1.30 bits per heavy atom. The van der Waals surface area contributed by atoms with E-state index >= 15 is 0 Å². The summed E-state index contributed by atoms with van der Waals surface area (Å²) in [6.07, 6.45) is 0. The molecule has 0 saturated heterocycles. The molecule has 0 fully saturated rings. The lowest BCUT2D eigenvalue weighted by Crippen LogP contribution is -1.93. The molecule has 0 bridgehead atoms. The lowest BCUT2D eigenvalue weighted by molar-refractivity contribution is 0.631. The molecule has 0 aromatic heterocycles. The Kier molecular flexibility index (Phi) is 4.69. The number of nitrogens with zero attached hydrogens (tertiary/aromatic N) is 1. The molecule has 2 aromatic rings. The van der Waals surface area contributed by atoms with E-state index < -0.39 is 5.82 Å². The van der Waals surface area contributed by atoms with Gasteiger partial charge in [0.05, 0.1) is 36.7 Å². The summed E-state index contributed by atoms with van der Waals surface area (Å²) in [5, 5.41) is 8.83. The smallest absolute Gasteiger partial charge is 0.132 e. The Labute approximate surface area is 139 Å². The van der Waals surface area contributed by atoms with E-state index in [9.17, 15) is 4.39 Å². The van der Waals surface area contributed by atoms with Gasteiger partial charge in [-0.1, -0.05) is 64.1 Å². The Bertz CT molecular complexity index is 722. The van der Waals surface area contributed by atoms with E-state index in [4.69, 9.17) is 63.3 Å². The minimum absolute atomic E-state index is 0.0260. The van der Waals surface area contributed by atoms with Crippen LogP contribution in [0.1, 0.15) is 5.56 Å². The number of benzene rings is 2. The largest absolute Gasteiger partial charge is 0.206 e. The molecule has 0 aliphatic rings. The normalized spacial score (nSPS) is 10.4. The summed E-state index contributed by atoms with van der Waals surface area (Å²) in [6.45, 7) is 0. The van der Waals surface area contributed by atoms with Crippen LogP contribution in [0, 0.1) is 17.1 Å². The van der Waals surface area contributed by atoms with Gasteiger partial charge >= 0.3 is 0 Å². The van der Waals surface area contributed by atoms with E-state index in [1.165, 1.54) is 18.2 Å². The summed E-state index contributed by atoms with van der Waals surface area (Å²) in [6, 6.07) is 5.88. The Morgan fingerprint density at radius 1 is 0.800 bits per heavy atom. The third-order valence-electron chi connectivity index (χ3n) is 2.59. The van der Waals surface area contributed by atoms with Crippen LogP contribution in [0.15, 0.2) is 18.2 Å². The maximum absolute atomic E-state index is 14.1. The van der Waals surface area contributed by atoms with Crippen molar-refractivity contribution in [1.29, 1.82) is 5.26 Å². The monoisotopic (exact) mass is 367 g/mol. The van der Waals surface area contributed by atoms with E-state index in [0.717, 1.165) is 0 Å². The van der Waals surface area contributed by atoms with Crippen LogP contribution >= 0.6 is 58.0 Å². The number of hydrogen-bond acceptors (Lipinski definition) is 1. The second-order valence-electron chi connectivity index (χ2n) is 3.72. The van der Waals surface area contributed by atoms with Crippen molar-refractivity contribution >= 4 is 58.0 Å². The molecule has 1 nitrogen and oxygen atoms in total. The quantitative estimate of drug-likeness (QED) is 0.409. The van der Waals surface area contributed by atoms with Crippen LogP contribution < -0.4 is 0 Å². The Balaban J connectivity index is 2.96. The van der Waals surface area contributed by atoms with Crippen molar-refractivity contribution in [2.45, 2.75) is 0 Å². The summed E-state index contributed by atoms with van der Waals surface area (Å²) < 4.78 is 14.1. The van der Waals surface area contributed by atoms with Gasteiger partial charge in [-0.05, 0) is 12.1 Å². The van der Waals surface area contributed by atoms with Crippen LogP contribution in [0.5, 0.6) is 0 Å². The van der Waals surface area contributed by atoms with Crippen molar-refractivity contribution in [3.63, 3.8) is 0 Å². The zero-order valence-electron chi connectivity index (χ0n) is 9.45. The first-order valence-corrected chi connectivity index (χ1v) is 6.99. The SMILES string of the molecule is N#Cc1cccc(F)c1-c1c(Cl)c(Cl)c(Cl)c(Cl)c1Cl. The molecule has 2 aromatic carbocycles. The molecule has 0 saturated carbocycles. The summed E-state index contributed by atoms with van der Waals surface area (Å²) in [5.41, 5.74) is 0.0381. The molecule has 7 heteroatoms. The summed E-state index contributed by atoms with van der Waals surface area (Å²) in [7, 11) is 0. The first-order valence-electron chi connectivity index (χ1n) is 5.10. The highest BCUT2D eigenvalue weighted by Crippen LogP contribution is 2.49. The molecule has 0 radical (unpaired) electrons. The van der Waals surface area contributed by atoms with Crippen molar-refractivity contribution < 1.29 is 4.39 Å². The van der Waals surface area contributed by atoms with Crippen molar-refractivity contribution in [2.75, 3.05) is 0 Å². The highest BCUT2D eigenvalue weighted by atomic mass is 35.5. The third kappa shape index (κ3) is 2.45. The predicted octanol–water partition coefficient (Wildman–Crippen LogP) is 6.63. The van der Waals surface area contributed by atoms with Crippen LogP contribution in [0.25, 0.3) is 11.1 Å². The maximum atomic E-state index is 14.1. The van der Waals surface area contributed by atoms with Gasteiger partial charge in [-0.3, -0.25) is 0 Å². The number of nitriles is 1. The van der Waals surface area contributed by atoms with Gasteiger partial charge in [0.25, 0.3) is 0 Å². The lowest BCUT2D eigenvalue weighted by atomic mass is 9.99. The van der Waals surface area contributed by atoms with Crippen LogP contribution in [0.3, 0.4) is 0 Å². The zero-order chi connectivity index (χ0) is 15.0. The molecule has 0 heterocycles. The molecule has 0 aliphatic carbocycles. The van der Waals surface area contributed by atoms with Gasteiger partial charge in [-0.2, -0.15) is 5.26 Å². The number of rotatable bonds is 1. The zero-order valence-corrected chi connectivity index (χ0v) is 13.2. The van der Waals surface area contributed by atoms with E-state index in [1.54, 1.807) is 0 Å². The van der Waals surface area contributed by atoms with Gasteiger partial charge in [-0.15, -0.1) is 0 Å². The fourth-order valence-electron chi connectivity index (χ4n) is 1.70. The molecule has 2 rings (SSSR count). The predicted molar refractivity (Wildman–Crippen MR) is 81.6 cm³/mol. The van der Waals surface area contributed by atoms with Gasteiger partial charge in [0.2, 0.25) is 0 Å². The average Bonchev–Trinajstić information content (AvgIpc) is 2.44. The first kappa shape index (κ1) is 15.7. The van der Waals surface area contributed by atoms with Gasteiger partial charge < -0.3 is 0 Å². The topological polar surface area (TPSA) is 23.8 Å². The molecule has 0 N–H and O–H groups in total. The van der Waals surface area contributed by atoms with Gasteiger partial charge in [-0.25, -0.2) is 4.39 Å². The summed E-state index contributed by atoms with van der Waals surface area (Å²) in [4.78, 5) is 0. The van der Waals surface area contributed by atoms with Crippen molar-refractivity contribution in [3.8, 4) is 17.2 Å². The Hall–Kier alpha value is -0.690. The Morgan fingerprint density at radius 3 is 1.80 bits per heavy atom. The second-order valence-corrected chi connectivity index (χ2v) is 5.61. The van der Waals surface area contributed by atoms with Gasteiger partial charge in [0, 0.05) is 11.1 Å². The summed E-state index contributed by atoms with van der Waals surface area (Å²) in [5.74, 6) is -0.665. The summed E-state index contributed by atoms with van der Waals surface area (Å²) >= 11 is 29.9. The number of hydrogen-bond donors (Lipinski definition) is 0. The fraction of sp³-hybridized carbons (Fsp3) is 0. The van der Waals surface area contributed by atoms with Crippen LogP contribution in [0.4, 0.5) is 4.39 Å². The van der Waals surface area contributed by atoms with Crippen molar-refractivity contribution in [2.24, 2.45) is 0 Å². The maximum Gasteiger partial charge on any atom is 0.132 e. The molecule has 0 unspecified atom stereocenters. The van der Waals surface area contributed by atoms with E-state index in [1.807, 2.05) is 6.07 Å².